The lowest BCUT2D eigenvalue weighted by Gasteiger charge is -2.26. The number of nitro groups is 1. The first-order valence-electron chi connectivity index (χ1n) is 11.1. The zero-order chi connectivity index (χ0) is 26.5. The van der Waals surface area contributed by atoms with Crippen molar-refractivity contribution in [2.24, 2.45) is 0 Å². The smallest absolute Gasteiger partial charge is 0.335 e. The first kappa shape index (κ1) is 25.6. The normalized spacial score (nSPS) is 14.5. The van der Waals surface area contributed by atoms with Crippen LogP contribution in [0.1, 0.15) is 18.1 Å². The Balaban J connectivity index is 1.63. The molecule has 1 N–H and O–H groups in total. The van der Waals surface area contributed by atoms with Crippen LogP contribution in [0.15, 0.2) is 76.8 Å². The molecule has 4 amide bonds. The second-order valence-corrected chi connectivity index (χ2v) is 8.70. The molecule has 3 aromatic rings. The third kappa shape index (κ3) is 5.84. The largest absolute Gasteiger partial charge is 0.494 e. The van der Waals surface area contributed by atoms with Gasteiger partial charge in [-0.1, -0.05) is 28.1 Å². The average Bonchev–Trinajstić information content (AvgIpc) is 2.87. The number of anilines is 1. The van der Waals surface area contributed by atoms with E-state index in [1.807, 2.05) is 6.92 Å². The summed E-state index contributed by atoms with van der Waals surface area (Å²) in [5, 5.41) is 13.2. The number of rotatable bonds is 8. The Morgan fingerprint density at radius 1 is 1.03 bits per heavy atom. The lowest BCUT2D eigenvalue weighted by Crippen LogP contribution is -2.54. The Morgan fingerprint density at radius 3 is 2.49 bits per heavy atom. The van der Waals surface area contributed by atoms with Crippen molar-refractivity contribution in [3.63, 3.8) is 0 Å². The molecule has 11 heteroatoms. The van der Waals surface area contributed by atoms with Crippen LogP contribution in [0.4, 0.5) is 16.2 Å². The molecule has 1 heterocycles. The summed E-state index contributed by atoms with van der Waals surface area (Å²) in [7, 11) is 0. The first-order chi connectivity index (χ1) is 17.8. The first-order valence-corrected chi connectivity index (χ1v) is 11.9. The van der Waals surface area contributed by atoms with Gasteiger partial charge >= 0.3 is 6.03 Å². The number of nitrogens with zero attached hydrogens (tertiary/aromatic N) is 2. The molecule has 4 rings (SSSR count). The predicted octanol–water partition coefficient (Wildman–Crippen LogP) is 5.00. The summed E-state index contributed by atoms with van der Waals surface area (Å²) in [5.74, 6) is -0.751. The van der Waals surface area contributed by atoms with E-state index < -0.39 is 22.8 Å². The lowest BCUT2D eigenvalue weighted by molar-refractivity contribution is -0.384. The van der Waals surface area contributed by atoms with Crippen LogP contribution in [0.25, 0.3) is 6.08 Å². The number of halogens is 1. The average molecular weight is 566 g/mol. The van der Waals surface area contributed by atoms with E-state index in [1.54, 1.807) is 54.6 Å². The van der Waals surface area contributed by atoms with Gasteiger partial charge in [0.2, 0.25) is 0 Å². The molecule has 0 bridgehead atoms. The van der Waals surface area contributed by atoms with Crippen LogP contribution in [-0.2, 0) is 16.2 Å². The molecule has 0 aromatic heterocycles. The van der Waals surface area contributed by atoms with Gasteiger partial charge in [0.05, 0.1) is 17.2 Å². The second kappa shape index (κ2) is 11.0. The highest BCUT2D eigenvalue weighted by atomic mass is 79.9. The maximum atomic E-state index is 13.3. The Bertz CT molecular complexity index is 1420. The summed E-state index contributed by atoms with van der Waals surface area (Å²) < 4.78 is 11.9. The van der Waals surface area contributed by atoms with Crippen molar-refractivity contribution in [1.82, 2.24) is 5.32 Å². The molecule has 0 atom stereocenters. The summed E-state index contributed by atoms with van der Waals surface area (Å²) in [5.41, 5.74) is 0.879. The van der Waals surface area contributed by atoms with Crippen molar-refractivity contribution in [1.29, 1.82) is 0 Å². The molecule has 10 nitrogen and oxygen atoms in total. The zero-order valence-corrected chi connectivity index (χ0v) is 21.1. The standard InChI is InChI=1S/C26H20BrN3O7/c1-2-36-21-9-7-19(8-10-21)29-25(32)22(24(31)28-26(29)33)14-17-13-18(27)6-11-23(17)37-15-16-4-3-5-20(12-16)30(34)35/h3-14H,2,15H2,1H3,(H,28,31,33)/b22-14+. The van der Waals surface area contributed by atoms with Crippen LogP contribution >= 0.6 is 15.9 Å². The van der Waals surface area contributed by atoms with Crippen molar-refractivity contribution in [3.05, 3.63) is 98.0 Å². The minimum Gasteiger partial charge on any atom is -0.494 e. The van der Waals surface area contributed by atoms with Crippen molar-refractivity contribution >= 4 is 51.2 Å². The quantitative estimate of drug-likeness (QED) is 0.176. The van der Waals surface area contributed by atoms with Gasteiger partial charge in [-0.2, -0.15) is 0 Å². The van der Waals surface area contributed by atoms with Crippen molar-refractivity contribution in [3.8, 4) is 11.5 Å². The van der Waals surface area contributed by atoms with Crippen LogP contribution in [0.3, 0.4) is 0 Å². The maximum absolute atomic E-state index is 13.3. The Morgan fingerprint density at radius 2 is 1.78 bits per heavy atom. The van der Waals surface area contributed by atoms with Crippen molar-refractivity contribution in [2.75, 3.05) is 11.5 Å². The molecular weight excluding hydrogens is 546 g/mol. The van der Waals surface area contributed by atoms with Gasteiger partial charge in [-0.25, -0.2) is 9.69 Å². The molecule has 3 aromatic carbocycles. The van der Waals surface area contributed by atoms with Gasteiger partial charge in [-0.05, 0) is 61.0 Å². The fraction of sp³-hybridized carbons (Fsp3) is 0.115. The van der Waals surface area contributed by atoms with Gasteiger partial charge < -0.3 is 9.47 Å². The lowest BCUT2D eigenvalue weighted by atomic mass is 10.1. The van der Waals surface area contributed by atoms with Gasteiger partial charge in [-0.3, -0.25) is 25.0 Å². The molecule has 1 aliphatic rings. The molecule has 0 aliphatic carbocycles. The molecule has 0 spiro atoms. The number of imide groups is 2. The second-order valence-electron chi connectivity index (χ2n) is 7.78. The number of urea groups is 1. The van der Waals surface area contributed by atoms with Crippen LogP contribution in [0, 0.1) is 10.1 Å². The van der Waals surface area contributed by atoms with Gasteiger partial charge in [0.25, 0.3) is 17.5 Å². The number of ether oxygens (including phenoxy) is 2. The zero-order valence-electron chi connectivity index (χ0n) is 19.5. The number of barbiturate groups is 1. The number of benzene rings is 3. The van der Waals surface area contributed by atoms with E-state index in [0.717, 1.165) is 4.90 Å². The monoisotopic (exact) mass is 565 g/mol. The SMILES string of the molecule is CCOc1ccc(N2C(=O)NC(=O)/C(=C\c3cc(Br)ccc3OCc3cccc([N+](=O)[O-])c3)C2=O)cc1. The van der Waals surface area contributed by atoms with Gasteiger partial charge in [0.15, 0.2) is 0 Å². The number of amides is 4. The molecular formula is C26H20BrN3O7. The third-order valence-electron chi connectivity index (χ3n) is 5.29. The molecule has 0 saturated carbocycles. The Labute approximate surface area is 219 Å². The highest BCUT2D eigenvalue weighted by Crippen LogP contribution is 2.29. The summed E-state index contributed by atoms with van der Waals surface area (Å²) in [6.07, 6.45) is 1.33. The number of carbonyl (C=O) groups excluding carboxylic acids is 3. The summed E-state index contributed by atoms with van der Waals surface area (Å²) in [4.78, 5) is 49.8. The van der Waals surface area contributed by atoms with Crippen LogP contribution < -0.4 is 19.7 Å². The highest BCUT2D eigenvalue weighted by Gasteiger charge is 2.37. The van der Waals surface area contributed by atoms with Crippen LogP contribution in [0.5, 0.6) is 11.5 Å². The van der Waals surface area contributed by atoms with E-state index in [2.05, 4.69) is 21.2 Å². The molecule has 188 valence electrons. The van der Waals surface area contributed by atoms with Crippen molar-refractivity contribution < 1.29 is 28.8 Å². The fourth-order valence-electron chi connectivity index (χ4n) is 3.59. The number of hydrogen-bond acceptors (Lipinski definition) is 7. The Kier molecular flexibility index (Phi) is 7.63. The highest BCUT2D eigenvalue weighted by molar-refractivity contribution is 9.10. The predicted molar refractivity (Wildman–Crippen MR) is 138 cm³/mol. The summed E-state index contributed by atoms with van der Waals surface area (Å²) in [6, 6.07) is 16.5. The van der Waals surface area contributed by atoms with E-state index in [0.29, 0.717) is 33.7 Å². The van der Waals surface area contributed by atoms with E-state index in [-0.39, 0.29) is 23.6 Å². The molecule has 1 fully saturated rings. The number of carbonyl (C=O) groups is 3. The number of hydrogen-bond donors (Lipinski definition) is 1. The number of non-ortho nitro benzene ring substituents is 1. The fourth-order valence-corrected chi connectivity index (χ4v) is 3.97. The van der Waals surface area contributed by atoms with Crippen molar-refractivity contribution in [2.45, 2.75) is 13.5 Å². The topological polar surface area (TPSA) is 128 Å². The maximum Gasteiger partial charge on any atom is 0.335 e. The third-order valence-corrected chi connectivity index (χ3v) is 5.79. The molecule has 1 saturated heterocycles. The van der Waals surface area contributed by atoms with E-state index in [9.17, 15) is 24.5 Å². The minimum atomic E-state index is -0.868. The molecule has 1 aliphatic heterocycles. The summed E-state index contributed by atoms with van der Waals surface area (Å²) in [6.45, 7) is 2.31. The summed E-state index contributed by atoms with van der Waals surface area (Å²) >= 11 is 3.37. The number of nitro benzene ring substituents is 1. The number of nitrogens with one attached hydrogen (secondary N) is 1. The Hall–Kier alpha value is -4.51. The van der Waals surface area contributed by atoms with Crippen LogP contribution in [0.2, 0.25) is 0 Å². The van der Waals surface area contributed by atoms with E-state index >= 15 is 0 Å². The van der Waals surface area contributed by atoms with E-state index in [4.69, 9.17) is 9.47 Å². The van der Waals surface area contributed by atoms with Gasteiger partial charge in [-0.15, -0.1) is 0 Å². The van der Waals surface area contributed by atoms with E-state index in [1.165, 1.54) is 18.2 Å². The van der Waals surface area contributed by atoms with Crippen LogP contribution in [-0.4, -0.2) is 29.4 Å². The molecule has 0 radical (unpaired) electrons. The van der Waals surface area contributed by atoms with Gasteiger partial charge in [0, 0.05) is 22.2 Å². The van der Waals surface area contributed by atoms with Gasteiger partial charge in [0.1, 0.15) is 23.7 Å². The molecule has 37 heavy (non-hydrogen) atoms. The minimum absolute atomic E-state index is 0.0103. The molecule has 0 unspecified atom stereocenters.